The molecule has 0 bridgehead atoms. The molecule has 138 valence electrons. The van der Waals surface area contributed by atoms with E-state index in [4.69, 9.17) is 0 Å². The molecule has 24 heavy (non-hydrogen) atoms. The minimum absolute atomic E-state index is 0.147. The number of hydrogen-bond acceptors (Lipinski definition) is 1. The molecule has 0 saturated carbocycles. The molecule has 2 nitrogen and oxygen atoms in total. The Balaban J connectivity index is 3.13. The van der Waals surface area contributed by atoms with Crippen molar-refractivity contribution < 1.29 is 13.2 Å². The number of alkyl halides is 3. The van der Waals surface area contributed by atoms with Crippen LogP contribution in [0, 0.1) is 0 Å². The predicted molar refractivity (Wildman–Crippen MR) is 94.9 cm³/mol. The second kappa shape index (κ2) is 10.1. The molecule has 2 radical (unpaired) electrons. The summed E-state index contributed by atoms with van der Waals surface area (Å²) >= 11 is -1.40. The van der Waals surface area contributed by atoms with E-state index in [0.717, 1.165) is 57.8 Å². The van der Waals surface area contributed by atoms with Crippen molar-refractivity contribution in [3.63, 3.8) is 0 Å². The van der Waals surface area contributed by atoms with E-state index in [1.165, 1.54) is 4.68 Å². The van der Waals surface area contributed by atoms with Crippen LogP contribution >= 0.6 is 0 Å². The van der Waals surface area contributed by atoms with Crippen LogP contribution in [0.25, 0.3) is 0 Å². The first-order valence-corrected chi connectivity index (χ1v) is 12.0. The maximum atomic E-state index is 13.3. The van der Waals surface area contributed by atoms with E-state index in [0.29, 0.717) is 3.58 Å². The topological polar surface area (TPSA) is 17.8 Å². The van der Waals surface area contributed by atoms with Crippen molar-refractivity contribution in [2.75, 3.05) is 0 Å². The van der Waals surface area contributed by atoms with Crippen molar-refractivity contribution in [1.82, 2.24) is 9.78 Å². The van der Waals surface area contributed by atoms with Gasteiger partial charge in [0.05, 0.1) is 0 Å². The second-order valence-electron chi connectivity index (χ2n) is 6.78. The summed E-state index contributed by atoms with van der Waals surface area (Å²) in [7, 11) is 1.60. The van der Waals surface area contributed by atoms with Crippen LogP contribution in [-0.2, 0) is 13.2 Å². The predicted octanol–water partition coefficient (Wildman–Crippen LogP) is 5.50. The van der Waals surface area contributed by atoms with Crippen molar-refractivity contribution in [1.29, 1.82) is 0 Å². The molecule has 0 fully saturated rings. The van der Waals surface area contributed by atoms with Gasteiger partial charge in [-0.25, -0.2) is 0 Å². The van der Waals surface area contributed by atoms with Crippen LogP contribution in [0.2, 0.25) is 3.43 Å². The summed E-state index contributed by atoms with van der Waals surface area (Å²) in [5, 5.41) is 3.74. The summed E-state index contributed by atoms with van der Waals surface area (Å²) in [6, 6.07) is 0. The fourth-order valence-corrected chi connectivity index (χ4v) is 9.00. The molecule has 0 N–H and O–H groups in total. The zero-order chi connectivity index (χ0) is 18.2. The van der Waals surface area contributed by atoms with E-state index in [9.17, 15) is 13.2 Å². The Labute approximate surface area is 154 Å². The van der Waals surface area contributed by atoms with Crippen molar-refractivity contribution in [2.24, 2.45) is 7.05 Å². The maximum absolute atomic E-state index is 13.3. The summed E-state index contributed by atoms with van der Waals surface area (Å²) in [6.45, 7) is 6.50. The molecule has 1 aromatic rings. The summed E-state index contributed by atoms with van der Waals surface area (Å²) in [5.74, 6) is 0. The monoisotopic (exact) mass is 452 g/mol. The van der Waals surface area contributed by atoms with Gasteiger partial charge in [-0.3, -0.25) is 0 Å². The summed E-state index contributed by atoms with van der Waals surface area (Å²) in [6.07, 6.45) is 7.26. The fraction of sp³-hybridized carbons (Fsp3) is 0.833. The molecule has 0 unspecified atom stereocenters. The molecular formula is C18H31F3N2Sn. The quantitative estimate of drug-likeness (QED) is 0.407. The summed E-state index contributed by atoms with van der Waals surface area (Å²) in [4.78, 5) is 0. The Bertz CT molecular complexity index is 461. The van der Waals surface area contributed by atoms with Gasteiger partial charge in [-0.15, -0.1) is 0 Å². The molecular weight excluding hydrogens is 420 g/mol. The number of aryl methyl sites for hydroxylation is 1. The molecule has 0 aliphatic heterocycles. The van der Waals surface area contributed by atoms with Gasteiger partial charge in [0.25, 0.3) is 0 Å². The number of halogens is 3. The van der Waals surface area contributed by atoms with Crippen LogP contribution in [-0.4, -0.2) is 30.9 Å². The normalized spacial score (nSPS) is 12.8. The molecule has 0 atom stereocenters. The van der Waals surface area contributed by atoms with Crippen molar-refractivity contribution in [3.05, 3.63) is 11.9 Å². The number of aromatic nitrogens is 2. The van der Waals surface area contributed by atoms with Gasteiger partial charge in [0.2, 0.25) is 0 Å². The Morgan fingerprint density at radius 3 is 1.79 bits per heavy atom. The van der Waals surface area contributed by atoms with Gasteiger partial charge in [0, 0.05) is 0 Å². The average molecular weight is 451 g/mol. The molecule has 0 aliphatic carbocycles. The number of hydrogen-bond donors (Lipinski definition) is 0. The summed E-state index contributed by atoms with van der Waals surface area (Å²) in [5.41, 5.74) is -0.620. The van der Waals surface area contributed by atoms with E-state index in [2.05, 4.69) is 25.9 Å². The third-order valence-electron chi connectivity index (χ3n) is 4.52. The molecule has 6 heteroatoms. The molecule has 0 saturated heterocycles. The number of nitrogens with zero attached hydrogens (tertiary/aromatic N) is 2. The van der Waals surface area contributed by atoms with Crippen molar-refractivity contribution in [3.8, 4) is 0 Å². The Morgan fingerprint density at radius 1 is 0.958 bits per heavy atom. The number of unbranched alkanes of at least 4 members (excludes halogenated alkanes) is 3. The number of rotatable bonds is 11. The van der Waals surface area contributed by atoms with Crippen LogP contribution < -0.4 is 3.58 Å². The van der Waals surface area contributed by atoms with Crippen LogP contribution in [0.15, 0.2) is 6.20 Å². The average Bonchev–Trinajstić information content (AvgIpc) is 2.89. The molecule has 1 aromatic heterocycles. The molecule has 0 aliphatic rings. The van der Waals surface area contributed by atoms with Crippen LogP contribution in [0.3, 0.4) is 0 Å². The van der Waals surface area contributed by atoms with E-state index in [-0.39, 0.29) is 3.43 Å². The first kappa shape index (κ1) is 21.8. The van der Waals surface area contributed by atoms with Gasteiger partial charge in [-0.05, 0) is 0 Å². The molecule has 0 spiro atoms. The van der Waals surface area contributed by atoms with Gasteiger partial charge < -0.3 is 0 Å². The van der Waals surface area contributed by atoms with Crippen LogP contribution in [0.5, 0.6) is 0 Å². The summed E-state index contributed by atoms with van der Waals surface area (Å²) < 4.78 is 42.1. The van der Waals surface area contributed by atoms with E-state index in [1.54, 1.807) is 13.2 Å². The van der Waals surface area contributed by atoms with Crippen molar-refractivity contribution >= 4 is 24.7 Å². The molecule has 1 rings (SSSR count). The Morgan fingerprint density at radius 2 is 1.42 bits per heavy atom. The van der Waals surface area contributed by atoms with E-state index in [1.807, 2.05) is 0 Å². The minimum atomic E-state index is -4.33. The van der Waals surface area contributed by atoms with Gasteiger partial charge in [-0.1, -0.05) is 0 Å². The van der Waals surface area contributed by atoms with Crippen LogP contribution in [0.4, 0.5) is 13.2 Å². The zero-order valence-electron chi connectivity index (χ0n) is 15.5. The fourth-order valence-electron chi connectivity index (χ4n) is 3.18. The van der Waals surface area contributed by atoms with Gasteiger partial charge in [-0.2, -0.15) is 0 Å². The van der Waals surface area contributed by atoms with Gasteiger partial charge in [0.15, 0.2) is 0 Å². The van der Waals surface area contributed by atoms with Gasteiger partial charge >= 0.3 is 155 Å². The zero-order valence-corrected chi connectivity index (χ0v) is 18.3. The second-order valence-corrected chi connectivity index (χ2v) is 12.1. The third kappa shape index (κ3) is 6.60. The van der Waals surface area contributed by atoms with Gasteiger partial charge in [0.1, 0.15) is 0 Å². The SMILES string of the molecule is CCCC[C](CCCC)(CCCC)[Sn][c]1cn(C)nc1C(F)(F)F. The molecule has 0 aromatic carbocycles. The van der Waals surface area contributed by atoms with Crippen LogP contribution in [0.1, 0.15) is 84.3 Å². The van der Waals surface area contributed by atoms with Crippen molar-refractivity contribution in [2.45, 2.75) is 88.2 Å². The molecule has 0 amide bonds. The molecule has 1 heterocycles. The van der Waals surface area contributed by atoms with E-state index >= 15 is 0 Å². The van der Waals surface area contributed by atoms with E-state index < -0.39 is 33.0 Å². The third-order valence-corrected chi connectivity index (χ3v) is 9.99. The first-order chi connectivity index (χ1) is 11.3. The first-order valence-electron chi connectivity index (χ1n) is 9.17. The standard InChI is InChI=1S/C13H27.C5H4F3N2.Sn/c1-4-7-10-13(11-8-5-2)12-9-6-3;1-10-3-2-4(9-10)5(6,7)8;/h4-12H2,1-3H3;3H,1H3;. The Kier molecular flexibility index (Phi) is 9.16. The Hall–Kier alpha value is -0.201.